The number of carbonyl (C=O) groups excluding carboxylic acids is 1. The molecular weight excluding hydrogens is 286 g/mol. The average Bonchev–Trinajstić information content (AvgIpc) is 3.08. The molecule has 2 bridgehead atoms. The lowest BCUT2D eigenvalue weighted by molar-refractivity contribution is -0.195. The van der Waals surface area contributed by atoms with E-state index in [-0.39, 0.29) is 30.1 Å². The molecule has 0 aromatic heterocycles. The van der Waals surface area contributed by atoms with Gasteiger partial charge in [0, 0.05) is 18.4 Å². The Morgan fingerprint density at radius 1 is 1.36 bits per heavy atom. The van der Waals surface area contributed by atoms with Crippen LogP contribution in [0.25, 0.3) is 0 Å². The maximum Gasteiger partial charge on any atom is 0.330 e. The van der Waals surface area contributed by atoms with Crippen LogP contribution in [-0.2, 0) is 19.1 Å². The van der Waals surface area contributed by atoms with Gasteiger partial charge >= 0.3 is 5.97 Å². The van der Waals surface area contributed by atoms with E-state index in [0.717, 1.165) is 12.8 Å². The van der Waals surface area contributed by atoms with E-state index in [1.54, 1.807) is 0 Å². The highest BCUT2D eigenvalue weighted by molar-refractivity contribution is 5.90. The highest BCUT2D eigenvalue weighted by Gasteiger charge is 2.67. The molecule has 3 rings (SSSR count). The second kappa shape index (κ2) is 5.20. The Hall–Kier alpha value is -1.14. The summed E-state index contributed by atoms with van der Waals surface area (Å²) in [6.07, 6.45) is 2.92. The van der Waals surface area contributed by atoms with Crippen LogP contribution in [0.2, 0.25) is 0 Å². The van der Waals surface area contributed by atoms with Gasteiger partial charge in [-0.25, -0.2) is 4.79 Å². The molecule has 5 atom stereocenters. The quantitative estimate of drug-likeness (QED) is 0.800. The third-order valence-corrected chi connectivity index (χ3v) is 5.91. The van der Waals surface area contributed by atoms with Crippen LogP contribution < -0.4 is 5.32 Å². The molecule has 0 aromatic rings. The van der Waals surface area contributed by atoms with Crippen molar-refractivity contribution in [3.8, 4) is 0 Å². The van der Waals surface area contributed by atoms with Gasteiger partial charge in [0.15, 0.2) is 0 Å². The predicted molar refractivity (Wildman–Crippen MR) is 78.3 cm³/mol. The predicted octanol–water partition coefficient (Wildman–Crippen LogP) is 1.33. The fourth-order valence-corrected chi connectivity index (χ4v) is 4.25. The second-order valence-corrected chi connectivity index (χ2v) is 7.29. The largest absolute Gasteiger partial charge is 0.479 e. The summed E-state index contributed by atoms with van der Waals surface area (Å²) in [5.74, 6) is -1.37. The number of carboxylic acids is 1. The van der Waals surface area contributed by atoms with Crippen LogP contribution in [0.1, 0.15) is 46.5 Å². The summed E-state index contributed by atoms with van der Waals surface area (Å²) in [5.41, 5.74) is -1.88. The highest BCUT2D eigenvalue weighted by Crippen LogP contribution is 2.52. The first-order valence-corrected chi connectivity index (χ1v) is 8.14. The number of carboxylic acid groups (broad SMARTS) is 1. The third-order valence-electron chi connectivity index (χ3n) is 5.91. The first-order valence-electron chi connectivity index (χ1n) is 8.14. The summed E-state index contributed by atoms with van der Waals surface area (Å²) in [6.45, 7) is 6.13. The van der Waals surface area contributed by atoms with Gasteiger partial charge in [0.05, 0.1) is 24.2 Å². The van der Waals surface area contributed by atoms with Crippen molar-refractivity contribution in [1.82, 2.24) is 5.32 Å². The average molecular weight is 311 g/mol. The molecule has 0 unspecified atom stereocenters. The number of hydrogen-bond donors (Lipinski definition) is 2. The van der Waals surface area contributed by atoms with Crippen molar-refractivity contribution in [2.24, 2.45) is 11.3 Å². The van der Waals surface area contributed by atoms with E-state index < -0.39 is 16.9 Å². The monoisotopic (exact) mass is 311 g/mol. The molecule has 0 radical (unpaired) electrons. The highest BCUT2D eigenvalue weighted by atomic mass is 16.5. The molecule has 0 spiro atoms. The van der Waals surface area contributed by atoms with Crippen molar-refractivity contribution in [3.05, 3.63) is 0 Å². The molecule has 3 aliphatic rings. The molecule has 3 fully saturated rings. The summed E-state index contributed by atoms with van der Waals surface area (Å²) in [4.78, 5) is 24.5. The molecule has 1 aliphatic carbocycles. The van der Waals surface area contributed by atoms with Crippen molar-refractivity contribution >= 4 is 11.9 Å². The molecule has 1 amide bonds. The molecule has 22 heavy (non-hydrogen) atoms. The molecule has 2 N–H and O–H groups in total. The Bertz CT molecular complexity index is 491. The van der Waals surface area contributed by atoms with E-state index in [9.17, 15) is 14.7 Å². The Morgan fingerprint density at radius 3 is 2.55 bits per heavy atom. The van der Waals surface area contributed by atoms with Gasteiger partial charge < -0.3 is 19.9 Å². The fraction of sp³-hybridized carbons (Fsp3) is 0.875. The van der Waals surface area contributed by atoms with Crippen molar-refractivity contribution < 1.29 is 24.2 Å². The van der Waals surface area contributed by atoms with Gasteiger partial charge in [-0.1, -0.05) is 13.8 Å². The van der Waals surface area contributed by atoms with Crippen molar-refractivity contribution in [3.63, 3.8) is 0 Å². The molecule has 6 nitrogen and oxygen atoms in total. The molecule has 0 aromatic carbocycles. The zero-order chi connectivity index (χ0) is 16.1. The topological polar surface area (TPSA) is 84.9 Å². The SMILES string of the molecule is CCO[C@@H]1C[C@@](NC(=O)[C@@H]2C[C@H]3CC[C@H]2O3)(C(=O)O)C1(C)C. The number of rotatable bonds is 5. The van der Waals surface area contributed by atoms with E-state index in [2.05, 4.69) is 5.32 Å². The smallest absolute Gasteiger partial charge is 0.330 e. The molecular formula is C16H25NO5. The number of nitrogens with one attached hydrogen (secondary N) is 1. The van der Waals surface area contributed by atoms with E-state index in [4.69, 9.17) is 9.47 Å². The summed E-state index contributed by atoms with van der Waals surface area (Å²) in [5, 5.41) is 12.6. The van der Waals surface area contributed by atoms with Gasteiger partial charge in [-0.05, 0) is 26.2 Å². The van der Waals surface area contributed by atoms with Gasteiger partial charge in [0.1, 0.15) is 5.54 Å². The van der Waals surface area contributed by atoms with Gasteiger partial charge in [0.2, 0.25) is 5.91 Å². The van der Waals surface area contributed by atoms with Crippen LogP contribution >= 0.6 is 0 Å². The lowest BCUT2D eigenvalue weighted by atomic mass is 9.54. The van der Waals surface area contributed by atoms with Crippen LogP contribution in [0.5, 0.6) is 0 Å². The normalized spacial score (nSPS) is 42.0. The van der Waals surface area contributed by atoms with Crippen LogP contribution in [0, 0.1) is 11.3 Å². The first kappa shape index (κ1) is 15.7. The van der Waals surface area contributed by atoms with Gasteiger partial charge in [-0.15, -0.1) is 0 Å². The lowest BCUT2D eigenvalue weighted by Crippen LogP contribution is -2.76. The van der Waals surface area contributed by atoms with E-state index >= 15 is 0 Å². The Balaban J connectivity index is 1.73. The Kier molecular flexibility index (Phi) is 3.72. The van der Waals surface area contributed by atoms with Crippen LogP contribution in [0.15, 0.2) is 0 Å². The number of fused-ring (bicyclic) bond motifs is 2. The second-order valence-electron chi connectivity index (χ2n) is 7.29. The van der Waals surface area contributed by atoms with E-state index in [1.165, 1.54) is 0 Å². The molecule has 6 heteroatoms. The van der Waals surface area contributed by atoms with Crippen LogP contribution in [-0.4, -0.2) is 47.4 Å². The minimum atomic E-state index is -1.24. The molecule has 2 heterocycles. The van der Waals surface area contributed by atoms with Gasteiger partial charge in [0.25, 0.3) is 0 Å². The van der Waals surface area contributed by atoms with E-state index in [1.807, 2.05) is 20.8 Å². The van der Waals surface area contributed by atoms with Crippen LogP contribution in [0.4, 0.5) is 0 Å². The molecule has 2 aliphatic heterocycles. The molecule has 2 saturated heterocycles. The Morgan fingerprint density at radius 2 is 2.09 bits per heavy atom. The summed E-state index contributed by atoms with van der Waals surface area (Å²) in [7, 11) is 0. The zero-order valence-corrected chi connectivity index (χ0v) is 13.4. The third kappa shape index (κ3) is 2.07. The van der Waals surface area contributed by atoms with Crippen molar-refractivity contribution in [2.45, 2.75) is 70.3 Å². The maximum atomic E-state index is 12.6. The van der Waals surface area contributed by atoms with Gasteiger partial charge in [-0.2, -0.15) is 0 Å². The number of aliphatic carboxylic acids is 1. The summed E-state index contributed by atoms with van der Waals surface area (Å²) < 4.78 is 11.3. The molecule has 124 valence electrons. The Labute approximate surface area is 130 Å². The number of hydrogen-bond acceptors (Lipinski definition) is 4. The van der Waals surface area contributed by atoms with Crippen LogP contribution in [0.3, 0.4) is 0 Å². The minimum absolute atomic E-state index is 0.0401. The lowest BCUT2D eigenvalue weighted by Gasteiger charge is -2.58. The fourth-order valence-electron chi connectivity index (χ4n) is 4.25. The number of amides is 1. The minimum Gasteiger partial charge on any atom is -0.479 e. The van der Waals surface area contributed by atoms with Gasteiger partial charge in [-0.3, -0.25) is 4.79 Å². The van der Waals surface area contributed by atoms with Crippen molar-refractivity contribution in [1.29, 1.82) is 0 Å². The summed E-state index contributed by atoms with van der Waals surface area (Å²) in [6, 6.07) is 0. The van der Waals surface area contributed by atoms with Crippen molar-refractivity contribution in [2.75, 3.05) is 6.61 Å². The number of ether oxygens (including phenoxy) is 2. The standard InChI is InChI=1S/C16H25NO5/c1-4-21-12-8-16(14(19)20,15(12,2)3)17-13(18)10-7-9-5-6-11(10)22-9/h9-12H,4-8H2,1-3H3,(H,17,18)(H,19,20)/t9-,10-,11-,12-,16-/m1/s1. The van der Waals surface area contributed by atoms with E-state index in [0.29, 0.717) is 19.4 Å². The molecule has 1 saturated carbocycles. The zero-order valence-electron chi connectivity index (χ0n) is 13.4. The number of carbonyl (C=O) groups is 2. The summed E-state index contributed by atoms with van der Waals surface area (Å²) >= 11 is 0. The first-order chi connectivity index (χ1) is 10.3. The maximum absolute atomic E-state index is 12.6.